The van der Waals surface area contributed by atoms with Crippen molar-refractivity contribution in [2.24, 2.45) is 11.7 Å². The van der Waals surface area contributed by atoms with Crippen LogP contribution in [0.5, 0.6) is 0 Å². The van der Waals surface area contributed by atoms with E-state index in [0.29, 0.717) is 40.6 Å². The maximum atomic E-state index is 15.3. The van der Waals surface area contributed by atoms with E-state index < -0.39 is 17.3 Å². The Morgan fingerprint density at radius 3 is 2.72 bits per heavy atom. The summed E-state index contributed by atoms with van der Waals surface area (Å²) in [5.74, 6) is -1.10. The van der Waals surface area contributed by atoms with Crippen LogP contribution in [0.4, 0.5) is 10.1 Å². The molecule has 1 aromatic heterocycles. The topological polar surface area (TPSA) is 105 Å². The zero-order valence-electron chi connectivity index (χ0n) is 16.9. The lowest BCUT2D eigenvalue weighted by Gasteiger charge is -2.32. The minimum absolute atomic E-state index is 0.0718. The van der Waals surface area contributed by atoms with Crippen molar-refractivity contribution in [2.45, 2.75) is 45.6 Å². The minimum Gasteiger partial charge on any atom is -0.398 e. The molecule has 0 spiro atoms. The Hall–Kier alpha value is -2.86. The van der Waals surface area contributed by atoms with E-state index in [1.807, 2.05) is 13.0 Å². The van der Waals surface area contributed by atoms with Crippen LogP contribution < -0.4 is 11.5 Å². The molecular formula is C23H26FN3O2. The molecule has 5 nitrogen and oxygen atoms in total. The van der Waals surface area contributed by atoms with Gasteiger partial charge in [-0.1, -0.05) is 12.1 Å². The third kappa shape index (κ3) is 3.08. The molecule has 152 valence electrons. The number of aromatic nitrogens is 1. The van der Waals surface area contributed by atoms with Gasteiger partial charge in [-0.25, -0.2) is 4.39 Å². The molecule has 29 heavy (non-hydrogen) atoms. The maximum absolute atomic E-state index is 15.3. The van der Waals surface area contributed by atoms with Gasteiger partial charge in [0.15, 0.2) is 0 Å². The number of primary amides is 1. The molecule has 1 atom stereocenters. The number of nitrogen functional groups attached to an aromatic ring is 1. The van der Waals surface area contributed by atoms with Crippen LogP contribution in [-0.4, -0.2) is 21.6 Å². The lowest BCUT2D eigenvalue weighted by atomic mass is 9.77. The normalized spacial score (nSPS) is 16.8. The van der Waals surface area contributed by atoms with Gasteiger partial charge in [-0.2, -0.15) is 0 Å². The van der Waals surface area contributed by atoms with E-state index in [1.165, 1.54) is 6.07 Å². The van der Waals surface area contributed by atoms with Gasteiger partial charge in [-0.15, -0.1) is 0 Å². The van der Waals surface area contributed by atoms with Crippen molar-refractivity contribution in [3.8, 4) is 11.1 Å². The number of aromatic amines is 1. The van der Waals surface area contributed by atoms with Gasteiger partial charge < -0.3 is 21.6 Å². The van der Waals surface area contributed by atoms with Crippen molar-refractivity contribution < 1.29 is 14.3 Å². The number of nitrogens with two attached hydrogens (primary N) is 2. The highest BCUT2D eigenvalue weighted by atomic mass is 19.1. The fraction of sp³-hybridized carbons (Fsp3) is 0.348. The summed E-state index contributed by atoms with van der Waals surface area (Å²) in [4.78, 5) is 15.4. The lowest BCUT2D eigenvalue weighted by molar-refractivity contribution is 0.0107. The predicted octanol–water partition coefficient (Wildman–Crippen LogP) is 3.84. The number of aliphatic hydroxyl groups is 1. The number of anilines is 1. The van der Waals surface area contributed by atoms with E-state index in [9.17, 15) is 9.90 Å². The average Bonchev–Trinajstić information content (AvgIpc) is 3.01. The monoisotopic (exact) mass is 395 g/mol. The molecule has 6 N–H and O–H groups in total. The first kappa shape index (κ1) is 19.5. The second-order valence-corrected chi connectivity index (χ2v) is 8.59. The van der Waals surface area contributed by atoms with Gasteiger partial charge in [0.25, 0.3) is 5.91 Å². The van der Waals surface area contributed by atoms with E-state index in [0.717, 1.165) is 23.2 Å². The molecule has 0 bridgehead atoms. The smallest absolute Gasteiger partial charge is 0.250 e. The van der Waals surface area contributed by atoms with Crippen LogP contribution in [0, 0.1) is 18.7 Å². The number of H-pyrrole nitrogens is 1. The van der Waals surface area contributed by atoms with Crippen LogP contribution in [0.1, 0.15) is 47.4 Å². The number of carbonyl (C=O) groups is 1. The Labute approximate surface area is 168 Å². The number of fused-ring (bicyclic) bond motifs is 3. The molecule has 0 radical (unpaired) electrons. The number of carbonyl (C=O) groups excluding carboxylic acids is 1. The predicted molar refractivity (Wildman–Crippen MR) is 113 cm³/mol. The summed E-state index contributed by atoms with van der Waals surface area (Å²) in [6, 6.07) is 6.63. The number of halogens is 1. The van der Waals surface area contributed by atoms with Gasteiger partial charge in [0.2, 0.25) is 0 Å². The van der Waals surface area contributed by atoms with Gasteiger partial charge in [-0.3, -0.25) is 4.79 Å². The highest BCUT2D eigenvalue weighted by Crippen LogP contribution is 2.43. The molecule has 0 fully saturated rings. The second kappa shape index (κ2) is 6.59. The molecule has 0 aliphatic heterocycles. The average molecular weight is 395 g/mol. The Kier molecular flexibility index (Phi) is 4.42. The van der Waals surface area contributed by atoms with Crippen LogP contribution in [0.15, 0.2) is 24.3 Å². The highest BCUT2D eigenvalue weighted by molar-refractivity contribution is 6.11. The van der Waals surface area contributed by atoms with E-state index in [4.69, 9.17) is 11.5 Å². The number of aryl methyl sites for hydroxylation is 1. The van der Waals surface area contributed by atoms with Gasteiger partial charge in [0, 0.05) is 22.3 Å². The molecule has 3 aromatic rings. The van der Waals surface area contributed by atoms with Crippen molar-refractivity contribution in [1.82, 2.24) is 4.98 Å². The van der Waals surface area contributed by atoms with E-state index in [1.54, 1.807) is 26.0 Å². The molecule has 1 aliphatic rings. The molecule has 0 saturated carbocycles. The van der Waals surface area contributed by atoms with Crippen LogP contribution in [0.2, 0.25) is 0 Å². The summed E-state index contributed by atoms with van der Waals surface area (Å²) in [5.41, 5.74) is 15.9. The SMILES string of the molecule is Cc1c(N)cccc1-c1c(F)cc(C(N)=O)c2[nH]c3c(c12)CCC(C(C)(C)O)C3. The van der Waals surface area contributed by atoms with Gasteiger partial charge >= 0.3 is 0 Å². The molecule has 1 unspecified atom stereocenters. The zero-order chi connectivity index (χ0) is 21.1. The van der Waals surface area contributed by atoms with Gasteiger partial charge in [-0.05, 0) is 74.8 Å². The molecule has 0 saturated heterocycles. The van der Waals surface area contributed by atoms with Crippen molar-refractivity contribution in [3.05, 3.63) is 52.5 Å². The third-order valence-electron chi connectivity index (χ3n) is 6.32. The van der Waals surface area contributed by atoms with Crippen molar-refractivity contribution >= 4 is 22.5 Å². The van der Waals surface area contributed by atoms with Crippen LogP contribution in [0.3, 0.4) is 0 Å². The first-order valence-corrected chi connectivity index (χ1v) is 9.83. The Morgan fingerprint density at radius 1 is 1.34 bits per heavy atom. The largest absolute Gasteiger partial charge is 0.398 e. The molecule has 1 amide bonds. The van der Waals surface area contributed by atoms with E-state index in [2.05, 4.69) is 4.98 Å². The Bertz CT molecular complexity index is 1140. The molecule has 4 rings (SSSR count). The van der Waals surface area contributed by atoms with Crippen LogP contribution in [0.25, 0.3) is 22.0 Å². The summed E-state index contributed by atoms with van der Waals surface area (Å²) in [7, 11) is 0. The van der Waals surface area contributed by atoms with E-state index in [-0.39, 0.29) is 11.5 Å². The minimum atomic E-state index is -0.819. The van der Waals surface area contributed by atoms with Crippen molar-refractivity contribution in [3.63, 3.8) is 0 Å². The number of hydrogen-bond acceptors (Lipinski definition) is 3. The Balaban J connectivity index is 2.05. The number of benzene rings is 2. The number of rotatable bonds is 3. The van der Waals surface area contributed by atoms with Crippen LogP contribution in [-0.2, 0) is 12.8 Å². The summed E-state index contributed by atoms with van der Waals surface area (Å²) >= 11 is 0. The fourth-order valence-corrected chi connectivity index (χ4v) is 4.56. The number of amides is 1. The van der Waals surface area contributed by atoms with Gasteiger partial charge in [0.05, 0.1) is 16.7 Å². The highest BCUT2D eigenvalue weighted by Gasteiger charge is 2.34. The second-order valence-electron chi connectivity index (χ2n) is 8.59. The summed E-state index contributed by atoms with van der Waals surface area (Å²) in [6.07, 6.45) is 2.09. The number of hydrogen-bond donors (Lipinski definition) is 4. The third-order valence-corrected chi connectivity index (χ3v) is 6.32. The maximum Gasteiger partial charge on any atom is 0.250 e. The fourth-order valence-electron chi connectivity index (χ4n) is 4.56. The zero-order valence-corrected chi connectivity index (χ0v) is 16.9. The summed E-state index contributed by atoms with van der Waals surface area (Å²) in [5, 5.41) is 11.2. The summed E-state index contributed by atoms with van der Waals surface area (Å²) < 4.78 is 15.3. The van der Waals surface area contributed by atoms with E-state index >= 15 is 4.39 Å². The Morgan fingerprint density at radius 2 is 2.07 bits per heavy atom. The first-order chi connectivity index (χ1) is 13.6. The number of nitrogens with one attached hydrogen (secondary N) is 1. The van der Waals surface area contributed by atoms with Crippen molar-refractivity contribution in [1.29, 1.82) is 0 Å². The molecule has 6 heteroatoms. The molecule has 1 heterocycles. The first-order valence-electron chi connectivity index (χ1n) is 9.83. The lowest BCUT2D eigenvalue weighted by Crippen LogP contribution is -2.34. The summed E-state index contributed by atoms with van der Waals surface area (Å²) in [6.45, 7) is 5.48. The molecule has 2 aromatic carbocycles. The molecule has 1 aliphatic carbocycles. The standard InChI is InChI=1S/C23H26FN3O2/c1-11-13(5-4-6-17(11)25)19-16(24)10-15(22(26)28)21-20(19)14-8-7-12(23(2,3)29)9-18(14)27-21/h4-6,10,12,27,29H,7-9,25H2,1-3H3,(H2,26,28). The van der Waals surface area contributed by atoms with Crippen LogP contribution >= 0.6 is 0 Å². The van der Waals surface area contributed by atoms with Crippen molar-refractivity contribution in [2.75, 3.05) is 5.73 Å². The quantitative estimate of drug-likeness (QED) is 0.506. The van der Waals surface area contributed by atoms with Gasteiger partial charge in [0.1, 0.15) is 5.82 Å². The molecular weight excluding hydrogens is 369 g/mol.